The van der Waals surface area contributed by atoms with Gasteiger partial charge in [-0.05, 0) is 46.3 Å². The van der Waals surface area contributed by atoms with Crippen molar-refractivity contribution in [3.05, 3.63) is 58.1 Å². The fourth-order valence-electron chi connectivity index (χ4n) is 1.66. The van der Waals surface area contributed by atoms with E-state index in [2.05, 4.69) is 21.2 Å². The minimum absolute atomic E-state index is 0.0593. The third-order valence-corrected chi connectivity index (χ3v) is 3.33. The SMILES string of the molecule is O=C(Nc1cccc(O)c1)c1cc(C(F)(F)F)ccc1Br. The molecule has 110 valence electrons. The minimum atomic E-state index is -4.53. The smallest absolute Gasteiger partial charge is 0.416 e. The first-order valence-electron chi connectivity index (χ1n) is 5.74. The predicted octanol–water partition coefficient (Wildman–Crippen LogP) is 4.43. The second kappa shape index (κ2) is 5.77. The molecule has 2 aromatic carbocycles. The molecular weight excluding hydrogens is 351 g/mol. The fraction of sp³-hybridized carbons (Fsp3) is 0.0714. The molecule has 0 aromatic heterocycles. The summed E-state index contributed by atoms with van der Waals surface area (Å²) < 4.78 is 38.2. The van der Waals surface area contributed by atoms with Gasteiger partial charge in [-0.2, -0.15) is 13.2 Å². The number of halogens is 4. The van der Waals surface area contributed by atoms with Crippen LogP contribution < -0.4 is 5.32 Å². The van der Waals surface area contributed by atoms with Crippen molar-refractivity contribution in [2.75, 3.05) is 5.32 Å². The lowest BCUT2D eigenvalue weighted by Gasteiger charge is -2.11. The third kappa shape index (κ3) is 3.75. The Hall–Kier alpha value is -2.02. The number of benzene rings is 2. The van der Waals surface area contributed by atoms with Crippen LogP contribution in [0.15, 0.2) is 46.9 Å². The second-order valence-electron chi connectivity index (χ2n) is 4.20. The molecule has 3 nitrogen and oxygen atoms in total. The molecule has 2 aromatic rings. The number of amides is 1. The maximum Gasteiger partial charge on any atom is 0.416 e. The minimum Gasteiger partial charge on any atom is -0.508 e. The van der Waals surface area contributed by atoms with Crippen LogP contribution in [0.3, 0.4) is 0 Å². The predicted molar refractivity (Wildman–Crippen MR) is 75.2 cm³/mol. The van der Waals surface area contributed by atoms with Crippen LogP contribution in [0.2, 0.25) is 0 Å². The number of rotatable bonds is 2. The van der Waals surface area contributed by atoms with Gasteiger partial charge in [-0.1, -0.05) is 6.07 Å². The molecule has 0 aliphatic rings. The number of phenolic OH excluding ortho intramolecular Hbond substituents is 1. The summed E-state index contributed by atoms with van der Waals surface area (Å²) in [5, 5.41) is 11.7. The van der Waals surface area contributed by atoms with Crippen LogP contribution in [-0.4, -0.2) is 11.0 Å². The number of anilines is 1. The Morgan fingerprint density at radius 3 is 2.48 bits per heavy atom. The molecule has 0 atom stereocenters. The highest BCUT2D eigenvalue weighted by Gasteiger charge is 2.31. The Morgan fingerprint density at radius 1 is 1.14 bits per heavy atom. The summed E-state index contributed by atoms with van der Waals surface area (Å²) in [5.74, 6) is -0.769. The van der Waals surface area contributed by atoms with E-state index >= 15 is 0 Å². The van der Waals surface area contributed by atoms with Crippen LogP contribution in [0.5, 0.6) is 5.75 Å². The number of hydrogen-bond donors (Lipinski definition) is 2. The van der Waals surface area contributed by atoms with E-state index in [1.54, 1.807) is 0 Å². The highest BCUT2D eigenvalue weighted by atomic mass is 79.9. The van der Waals surface area contributed by atoms with E-state index in [9.17, 15) is 23.1 Å². The third-order valence-electron chi connectivity index (χ3n) is 2.64. The molecule has 0 heterocycles. The van der Waals surface area contributed by atoms with Gasteiger partial charge in [0, 0.05) is 16.2 Å². The molecule has 0 radical (unpaired) electrons. The zero-order chi connectivity index (χ0) is 15.6. The largest absolute Gasteiger partial charge is 0.508 e. The van der Waals surface area contributed by atoms with Crippen molar-refractivity contribution < 1.29 is 23.1 Å². The molecule has 0 saturated heterocycles. The van der Waals surface area contributed by atoms with Gasteiger partial charge in [0.15, 0.2) is 0 Å². The maximum absolute atomic E-state index is 12.7. The number of hydrogen-bond acceptors (Lipinski definition) is 2. The number of nitrogens with one attached hydrogen (secondary N) is 1. The molecule has 2 N–H and O–H groups in total. The van der Waals surface area contributed by atoms with Crippen molar-refractivity contribution in [2.24, 2.45) is 0 Å². The monoisotopic (exact) mass is 359 g/mol. The van der Waals surface area contributed by atoms with E-state index in [1.807, 2.05) is 0 Å². The number of phenols is 1. The highest BCUT2D eigenvalue weighted by molar-refractivity contribution is 9.10. The van der Waals surface area contributed by atoms with E-state index < -0.39 is 17.6 Å². The van der Waals surface area contributed by atoms with Gasteiger partial charge in [0.2, 0.25) is 0 Å². The molecule has 0 aliphatic carbocycles. The van der Waals surface area contributed by atoms with Crippen LogP contribution >= 0.6 is 15.9 Å². The first kappa shape index (κ1) is 15.4. The van der Waals surface area contributed by atoms with Crippen LogP contribution in [-0.2, 0) is 6.18 Å². The standard InChI is InChI=1S/C14H9BrF3NO2/c15-12-5-4-8(14(16,17)18)6-11(12)13(21)19-9-2-1-3-10(20)7-9/h1-7,20H,(H,19,21). The zero-order valence-corrected chi connectivity index (χ0v) is 12.0. The lowest BCUT2D eigenvalue weighted by atomic mass is 10.1. The summed E-state index contributed by atoms with van der Waals surface area (Å²) in [7, 11) is 0. The van der Waals surface area contributed by atoms with Crippen molar-refractivity contribution in [3.8, 4) is 5.75 Å². The van der Waals surface area contributed by atoms with Gasteiger partial charge in [0.25, 0.3) is 5.91 Å². The molecular formula is C14H9BrF3NO2. The van der Waals surface area contributed by atoms with E-state index in [-0.39, 0.29) is 21.5 Å². The molecule has 7 heteroatoms. The number of carbonyl (C=O) groups excluding carboxylic acids is 1. The molecule has 0 fully saturated rings. The Labute approximate surface area is 126 Å². The van der Waals surface area contributed by atoms with Gasteiger partial charge in [0.05, 0.1) is 11.1 Å². The van der Waals surface area contributed by atoms with Crippen molar-refractivity contribution in [3.63, 3.8) is 0 Å². The average molecular weight is 360 g/mol. The van der Waals surface area contributed by atoms with Crippen LogP contribution in [0, 0.1) is 0 Å². The summed E-state index contributed by atoms with van der Waals surface area (Å²) in [4.78, 5) is 12.0. The van der Waals surface area contributed by atoms with Crippen molar-refractivity contribution in [1.82, 2.24) is 0 Å². The summed E-state index contributed by atoms with van der Waals surface area (Å²) >= 11 is 3.05. The first-order valence-corrected chi connectivity index (χ1v) is 6.54. The molecule has 0 spiro atoms. The molecule has 0 saturated carbocycles. The molecule has 21 heavy (non-hydrogen) atoms. The topological polar surface area (TPSA) is 49.3 Å². The van der Waals surface area contributed by atoms with Crippen LogP contribution in [0.1, 0.15) is 15.9 Å². The summed E-state index contributed by atoms with van der Waals surface area (Å²) in [6, 6.07) is 8.54. The number of alkyl halides is 3. The van der Waals surface area contributed by atoms with E-state index in [0.717, 1.165) is 12.1 Å². The molecule has 0 bridgehead atoms. The van der Waals surface area contributed by atoms with Gasteiger partial charge >= 0.3 is 6.18 Å². The van der Waals surface area contributed by atoms with Crippen molar-refractivity contribution in [2.45, 2.75) is 6.18 Å². The van der Waals surface area contributed by atoms with Gasteiger partial charge in [-0.3, -0.25) is 4.79 Å². The fourth-order valence-corrected chi connectivity index (χ4v) is 2.08. The Morgan fingerprint density at radius 2 is 1.86 bits per heavy atom. The van der Waals surface area contributed by atoms with E-state index in [4.69, 9.17) is 0 Å². The molecule has 0 unspecified atom stereocenters. The van der Waals surface area contributed by atoms with E-state index in [0.29, 0.717) is 0 Å². The van der Waals surface area contributed by atoms with Crippen molar-refractivity contribution >= 4 is 27.5 Å². The zero-order valence-electron chi connectivity index (χ0n) is 10.4. The highest BCUT2D eigenvalue weighted by Crippen LogP contribution is 2.32. The van der Waals surface area contributed by atoms with Crippen LogP contribution in [0.4, 0.5) is 18.9 Å². The van der Waals surface area contributed by atoms with Gasteiger partial charge in [-0.25, -0.2) is 0 Å². The molecule has 2 rings (SSSR count). The number of aromatic hydroxyl groups is 1. The van der Waals surface area contributed by atoms with E-state index in [1.165, 1.54) is 30.3 Å². The lowest BCUT2D eigenvalue weighted by Crippen LogP contribution is -2.14. The van der Waals surface area contributed by atoms with Gasteiger partial charge < -0.3 is 10.4 Å². The Kier molecular flexibility index (Phi) is 4.22. The average Bonchev–Trinajstić information content (AvgIpc) is 2.37. The Balaban J connectivity index is 2.31. The second-order valence-corrected chi connectivity index (χ2v) is 5.05. The Bertz CT molecular complexity index is 686. The maximum atomic E-state index is 12.7. The number of carbonyl (C=O) groups is 1. The van der Waals surface area contributed by atoms with Gasteiger partial charge in [0.1, 0.15) is 5.75 Å². The lowest BCUT2D eigenvalue weighted by molar-refractivity contribution is -0.137. The normalized spacial score (nSPS) is 11.2. The molecule has 0 aliphatic heterocycles. The van der Waals surface area contributed by atoms with Gasteiger partial charge in [-0.15, -0.1) is 0 Å². The summed E-state index contributed by atoms with van der Waals surface area (Å²) in [5.41, 5.74) is -0.774. The molecule has 1 amide bonds. The van der Waals surface area contributed by atoms with Crippen LogP contribution in [0.25, 0.3) is 0 Å². The summed E-state index contributed by atoms with van der Waals surface area (Å²) in [6.07, 6.45) is -4.53. The summed E-state index contributed by atoms with van der Waals surface area (Å²) in [6.45, 7) is 0. The quantitative estimate of drug-likeness (QED) is 0.833. The first-order chi connectivity index (χ1) is 9.77. The van der Waals surface area contributed by atoms with Crippen molar-refractivity contribution in [1.29, 1.82) is 0 Å².